The second-order valence-electron chi connectivity index (χ2n) is 5.66. The maximum absolute atomic E-state index is 12.0. The molecule has 0 aromatic heterocycles. The predicted molar refractivity (Wildman–Crippen MR) is 104 cm³/mol. The number of aryl methyl sites for hydroxylation is 2. The van der Waals surface area contributed by atoms with Gasteiger partial charge < -0.3 is 4.74 Å². The van der Waals surface area contributed by atoms with Crippen molar-refractivity contribution in [2.75, 3.05) is 6.61 Å². The standard InChI is InChI=1S/C21H22O2S/c1-16-12-17(2)14-20(13-16)21(22)23-11-5-3-4-6-18-7-9-19(15-24)10-8-18/h3-10,12-14,24H,11,15H2,1-2H3/b5-3+,6-4+. The molecule has 0 aliphatic heterocycles. The van der Waals surface area contributed by atoms with Crippen LogP contribution in [0.15, 0.2) is 60.7 Å². The van der Waals surface area contributed by atoms with Crippen LogP contribution in [-0.4, -0.2) is 12.6 Å². The van der Waals surface area contributed by atoms with Gasteiger partial charge in [-0.05, 0) is 43.2 Å². The molecule has 24 heavy (non-hydrogen) atoms. The van der Waals surface area contributed by atoms with Gasteiger partial charge in [-0.3, -0.25) is 0 Å². The summed E-state index contributed by atoms with van der Waals surface area (Å²) >= 11 is 4.24. The molecule has 0 fully saturated rings. The molecule has 0 saturated heterocycles. The van der Waals surface area contributed by atoms with E-state index in [0.29, 0.717) is 5.56 Å². The molecule has 0 atom stereocenters. The van der Waals surface area contributed by atoms with Crippen molar-refractivity contribution in [2.24, 2.45) is 0 Å². The van der Waals surface area contributed by atoms with Gasteiger partial charge in [0.15, 0.2) is 0 Å². The average molecular weight is 338 g/mol. The lowest BCUT2D eigenvalue weighted by molar-refractivity contribution is 0.0549. The maximum atomic E-state index is 12.0. The lowest BCUT2D eigenvalue weighted by atomic mass is 10.1. The molecule has 0 N–H and O–H groups in total. The number of thiol groups is 1. The molecule has 0 amide bonds. The minimum Gasteiger partial charge on any atom is -0.458 e. The van der Waals surface area contributed by atoms with Gasteiger partial charge in [0, 0.05) is 5.75 Å². The first-order valence-corrected chi connectivity index (χ1v) is 8.50. The zero-order valence-electron chi connectivity index (χ0n) is 14.0. The number of rotatable bonds is 6. The average Bonchev–Trinajstić information content (AvgIpc) is 2.57. The molecule has 0 aliphatic rings. The Morgan fingerprint density at radius 3 is 2.33 bits per heavy atom. The number of hydrogen-bond donors (Lipinski definition) is 1. The summed E-state index contributed by atoms with van der Waals surface area (Å²) in [6.45, 7) is 4.20. The molecular formula is C21H22O2S. The fourth-order valence-electron chi connectivity index (χ4n) is 2.33. The zero-order chi connectivity index (χ0) is 17.4. The predicted octanol–water partition coefficient (Wildman–Crippen LogP) is 5.16. The molecule has 2 rings (SSSR count). The van der Waals surface area contributed by atoms with E-state index in [1.165, 1.54) is 5.56 Å². The molecule has 2 nitrogen and oxygen atoms in total. The van der Waals surface area contributed by atoms with Crippen LogP contribution in [0.25, 0.3) is 6.08 Å². The Labute approximate surface area is 149 Å². The minimum absolute atomic E-state index is 0.259. The fourth-order valence-corrected chi connectivity index (χ4v) is 2.55. The van der Waals surface area contributed by atoms with E-state index in [4.69, 9.17) is 4.74 Å². The van der Waals surface area contributed by atoms with Gasteiger partial charge >= 0.3 is 5.97 Å². The number of allylic oxidation sites excluding steroid dienone is 2. The lowest BCUT2D eigenvalue weighted by Crippen LogP contribution is -2.05. The lowest BCUT2D eigenvalue weighted by Gasteiger charge is -2.04. The van der Waals surface area contributed by atoms with Crippen molar-refractivity contribution in [3.05, 3.63) is 88.5 Å². The van der Waals surface area contributed by atoms with Crippen LogP contribution in [0.4, 0.5) is 0 Å². The normalized spacial score (nSPS) is 11.3. The number of hydrogen-bond acceptors (Lipinski definition) is 3. The van der Waals surface area contributed by atoms with Gasteiger partial charge in [-0.2, -0.15) is 12.6 Å². The topological polar surface area (TPSA) is 26.3 Å². The molecule has 0 saturated carbocycles. The van der Waals surface area contributed by atoms with E-state index < -0.39 is 0 Å². The summed E-state index contributed by atoms with van der Waals surface area (Å²) in [5.41, 5.74) is 5.04. The third kappa shape index (κ3) is 5.74. The van der Waals surface area contributed by atoms with E-state index in [2.05, 4.69) is 36.9 Å². The maximum Gasteiger partial charge on any atom is 0.338 e. The SMILES string of the molecule is Cc1cc(C)cc(C(=O)OC/C=C/C=C/c2ccc(CS)cc2)c1. The smallest absolute Gasteiger partial charge is 0.338 e. The Morgan fingerprint density at radius 1 is 1.04 bits per heavy atom. The molecule has 0 heterocycles. The minimum atomic E-state index is -0.294. The number of ether oxygens (including phenoxy) is 1. The van der Waals surface area contributed by atoms with E-state index in [1.54, 1.807) is 0 Å². The van der Waals surface area contributed by atoms with E-state index in [-0.39, 0.29) is 12.6 Å². The molecule has 0 radical (unpaired) electrons. The van der Waals surface area contributed by atoms with Crippen molar-refractivity contribution in [3.63, 3.8) is 0 Å². The van der Waals surface area contributed by atoms with Gasteiger partial charge in [0.05, 0.1) is 5.56 Å². The summed E-state index contributed by atoms with van der Waals surface area (Å²) in [4.78, 5) is 12.0. The van der Waals surface area contributed by atoms with Crippen LogP contribution in [0.5, 0.6) is 0 Å². The number of benzene rings is 2. The highest BCUT2D eigenvalue weighted by molar-refractivity contribution is 7.79. The quantitative estimate of drug-likeness (QED) is 0.447. The molecule has 2 aromatic rings. The van der Waals surface area contributed by atoms with E-state index in [9.17, 15) is 4.79 Å². The second-order valence-corrected chi connectivity index (χ2v) is 5.98. The monoisotopic (exact) mass is 338 g/mol. The van der Waals surface area contributed by atoms with Crippen LogP contribution in [0, 0.1) is 13.8 Å². The van der Waals surface area contributed by atoms with Crippen LogP contribution < -0.4 is 0 Å². The summed E-state index contributed by atoms with van der Waals surface area (Å²) in [5.74, 6) is 0.452. The number of carbonyl (C=O) groups is 1. The first-order valence-electron chi connectivity index (χ1n) is 7.87. The molecule has 0 unspecified atom stereocenters. The molecule has 0 bridgehead atoms. The van der Waals surface area contributed by atoms with Crippen molar-refractivity contribution < 1.29 is 9.53 Å². The molecule has 124 valence electrons. The summed E-state index contributed by atoms with van der Waals surface area (Å²) in [6, 6.07) is 13.9. The number of esters is 1. The van der Waals surface area contributed by atoms with Crippen LogP contribution in [0.2, 0.25) is 0 Å². The highest BCUT2D eigenvalue weighted by atomic mass is 32.1. The van der Waals surface area contributed by atoms with Gasteiger partial charge in [0.2, 0.25) is 0 Å². The van der Waals surface area contributed by atoms with Crippen molar-refractivity contribution in [1.82, 2.24) is 0 Å². The van der Waals surface area contributed by atoms with Crippen LogP contribution in [0.1, 0.15) is 32.6 Å². The first-order chi connectivity index (χ1) is 11.6. The first kappa shape index (κ1) is 18.1. The Hall–Kier alpha value is -2.26. The highest BCUT2D eigenvalue weighted by Gasteiger charge is 2.06. The van der Waals surface area contributed by atoms with E-state index in [1.807, 2.05) is 56.4 Å². The van der Waals surface area contributed by atoms with Gasteiger partial charge in [-0.1, -0.05) is 59.7 Å². The van der Waals surface area contributed by atoms with Gasteiger partial charge in [-0.25, -0.2) is 4.79 Å². The fraction of sp³-hybridized carbons (Fsp3) is 0.190. The molecular weight excluding hydrogens is 316 g/mol. The third-order valence-electron chi connectivity index (χ3n) is 3.47. The summed E-state index contributed by atoms with van der Waals surface area (Å²) in [7, 11) is 0. The van der Waals surface area contributed by atoms with Crippen molar-refractivity contribution >= 4 is 24.7 Å². The Morgan fingerprint density at radius 2 is 1.71 bits per heavy atom. The largest absolute Gasteiger partial charge is 0.458 e. The molecule has 0 spiro atoms. The van der Waals surface area contributed by atoms with E-state index >= 15 is 0 Å². The zero-order valence-corrected chi connectivity index (χ0v) is 14.9. The third-order valence-corrected chi connectivity index (χ3v) is 3.83. The van der Waals surface area contributed by atoms with Crippen molar-refractivity contribution in [3.8, 4) is 0 Å². The summed E-state index contributed by atoms with van der Waals surface area (Å²) in [5, 5.41) is 0. The van der Waals surface area contributed by atoms with Crippen molar-refractivity contribution in [1.29, 1.82) is 0 Å². The Balaban J connectivity index is 1.81. The van der Waals surface area contributed by atoms with E-state index in [0.717, 1.165) is 22.4 Å². The second kappa shape index (κ2) is 9.14. The van der Waals surface area contributed by atoms with Crippen molar-refractivity contribution in [2.45, 2.75) is 19.6 Å². The highest BCUT2D eigenvalue weighted by Crippen LogP contribution is 2.10. The van der Waals surface area contributed by atoms with Gasteiger partial charge in [0.1, 0.15) is 6.61 Å². The summed E-state index contributed by atoms with van der Waals surface area (Å²) in [6.07, 6.45) is 7.63. The molecule has 0 aliphatic carbocycles. The Bertz CT molecular complexity index is 723. The van der Waals surface area contributed by atoms with Crippen LogP contribution >= 0.6 is 12.6 Å². The van der Waals surface area contributed by atoms with Crippen LogP contribution in [0.3, 0.4) is 0 Å². The van der Waals surface area contributed by atoms with Gasteiger partial charge in [0.25, 0.3) is 0 Å². The van der Waals surface area contributed by atoms with Crippen LogP contribution in [-0.2, 0) is 10.5 Å². The Kier molecular flexibility index (Phi) is 6.89. The summed E-state index contributed by atoms with van der Waals surface area (Å²) < 4.78 is 5.25. The number of carbonyl (C=O) groups excluding carboxylic acids is 1. The molecule has 2 aromatic carbocycles. The molecule has 3 heteroatoms. The van der Waals surface area contributed by atoms with Gasteiger partial charge in [-0.15, -0.1) is 0 Å².